The van der Waals surface area contributed by atoms with E-state index in [1.807, 2.05) is 20.8 Å². The molecule has 6 nitrogen and oxygen atoms in total. The number of nitrogens with one attached hydrogen (secondary N) is 1. The van der Waals surface area contributed by atoms with Crippen molar-refractivity contribution in [3.63, 3.8) is 0 Å². The first-order chi connectivity index (χ1) is 8.74. The van der Waals surface area contributed by atoms with Crippen LogP contribution in [0.4, 0.5) is 5.88 Å². The number of esters is 1. The lowest BCUT2D eigenvalue weighted by molar-refractivity contribution is -0.117. The first-order valence-electron chi connectivity index (χ1n) is 6.18. The fourth-order valence-electron chi connectivity index (χ4n) is 1.55. The first-order valence-corrected chi connectivity index (χ1v) is 6.18. The number of hydrogen-bond acceptors (Lipinski definition) is 5. The van der Waals surface area contributed by atoms with E-state index in [1.54, 1.807) is 13.8 Å². The van der Waals surface area contributed by atoms with Gasteiger partial charge in [0.15, 0.2) is 0 Å². The largest absolute Gasteiger partial charge is 0.462 e. The van der Waals surface area contributed by atoms with Crippen LogP contribution in [0.3, 0.4) is 0 Å². The van der Waals surface area contributed by atoms with Crippen molar-refractivity contribution in [3.8, 4) is 0 Å². The second kappa shape index (κ2) is 5.86. The molecule has 0 atom stereocenters. The van der Waals surface area contributed by atoms with Crippen molar-refractivity contribution in [2.24, 2.45) is 5.41 Å². The van der Waals surface area contributed by atoms with E-state index in [2.05, 4.69) is 10.5 Å². The summed E-state index contributed by atoms with van der Waals surface area (Å²) in [5, 5.41) is 6.24. The van der Waals surface area contributed by atoms with Crippen LogP contribution in [0.5, 0.6) is 0 Å². The number of carbonyl (C=O) groups excluding carboxylic acids is 2. The second-order valence-electron chi connectivity index (χ2n) is 5.48. The molecule has 1 rings (SSSR count). The summed E-state index contributed by atoms with van der Waals surface area (Å²) in [6.45, 7) is 9.42. The molecule has 0 saturated heterocycles. The van der Waals surface area contributed by atoms with Gasteiger partial charge in [0.1, 0.15) is 5.56 Å². The highest BCUT2D eigenvalue weighted by molar-refractivity contribution is 6.00. The molecule has 0 spiro atoms. The number of ether oxygens (including phenoxy) is 1. The Bertz CT molecular complexity index is 471. The normalized spacial score (nSPS) is 11.2. The number of aryl methyl sites for hydroxylation is 1. The minimum atomic E-state index is -0.549. The Kier molecular flexibility index (Phi) is 4.69. The summed E-state index contributed by atoms with van der Waals surface area (Å²) in [7, 11) is 0. The minimum absolute atomic E-state index is 0.0465. The molecule has 0 aliphatic carbocycles. The molecule has 1 heterocycles. The molecule has 0 aliphatic heterocycles. The van der Waals surface area contributed by atoms with Crippen molar-refractivity contribution in [1.82, 2.24) is 5.16 Å². The van der Waals surface area contributed by atoms with E-state index in [9.17, 15) is 9.59 Å². The Morgan fingerprint density at radius 3 is 2.53 bits per heavy atom. The average molecular weight is 268 g/mol. The molecular weight excluding hydrogens is 248 g/mol. The van der Waals surface area contributed by atoms with Crippen LogP contribution >= 0.6 is 0 Å². The summed E-state index contributed by atoms with van der Waals surface area (Å²) in [4.78, 5) is 23.6. The van der Waals surface area contributed by atoms with E-state index in [-0.39, 0.29) is 29.4 Å². The van der Waals surface area contributed by atoms with Gasteiger partial charge >= 0.3 is 5.97 Å². The van der Waals surface area contributed by atoms with Gasteiger partial charge in [0.25, 0.3) is 0 Å². The van der Waals surface area contributed by atoms with E-state index in [1.165, 1.54) is 0 Å². The maximum absolute atomic E-state index is 11.8. The highest BCUT2D eigenvalue weighted by atomic mass is 16.5. The number of hydrogen-bond donors (Lipinski definition) is 1. The Hall–Kier alpha value is -1.85. The smallest absolute Gasteiger partial charge is 0.345 e. The highest BCUT2D eigenvalue weighted by Crippen LogP contribution is 2.23. The van der Waals surface area contributed by atoms with Crippen LogP contribution < -0.4 is 5.32 Å². The zero-order valence-electron chi connectivity index (χ0n) is 12.0. The third-order valence-corrected chi connectivity index (χ3v) is 2.29. The van der Waals surface area contributed by atoms with Gasteiger partial charge in [-0.1, -0.05) is 25.9 Å². The lowest BCUT2D eigenvalue weighted by atomic mass is 9.92. The molecule has 1 aromatic rings. The SMILES string of the molecule is CCOC(=O)c1c(C)noc1NC(=O)CC(C)(C)C. The molecule has 0 radical (unpaired) electrons. The quantitative estimate of drug-likeness (QED) is 0.848. The molecule has 1 N–H and O–H groups in total. The summed E-state index contributed by atoms with van der Waals surface area (Å²) >= 11 is 0. The summed E-state index contributed by atoms with van der Waals surface area (Å²) in [5.74, 6) is -0.730. The van der Waals surface area contributed by atoms with Gasteiger partial charge in [-0.05, 0) is 19.3 Å². The van der Waals surface area contributed by atoms with Crippen LogP contribution in [0.15, 0.2) is 4.52 Å². The standard InChI is InChI=1S/C13H20N2O4/c1-6-18-12(17)10-8(2)15-19-11(10)14-9(16)7-13(3,4)5/h6-7H2,1-5H3,(H,14,16). The van der Waals surface area contributed by atoms with Crippen molar-refractivity contribution in [2.45, 2.75) is 41.0 Å². The van der Waals surface area contributed by atoms with Crippen molar-refractivity contribution in [2.75, 3.05) is 11.9 Å². The van der Waals surface area contributed by atoms with Crippen LogP contribution in [0, 0.1) is 12.3 Å². The van der Waals surface area contributed by atoms with Gasteiger partial charge in [0, 0.05) is 6.42 Å². The van der Waals surface area contributed by atoms with Crippen LogP contribution in [0.2, 0.25) is 0 Å². The zero-order valence-corrected chi connectivity index (χ0v) is 12.0. The third-order valence-electron chi connectivity index (χ3n) is 2.29. The van der Waals surface area contributed by atoms with Crippen molar-refractivity contribution in [1.29, 1.82) is 0 Å². The molecular formula is C13H20N2O4. The van der Waals surface area contributed by atoms with Crippen molar-refractivity contribution in [3.05, 3.63) is 11.3 Å². The van der Waals surface area contributed by atoms with Gasteiger partial charge in [0.2, 0.25) is 11.8 Å². The molecule has 0 bridgehead atoms. The van der Waals surface area contributed by atoms with E-state index < -0.39 is 5.97 Å². The summed E-state index contributed by atoms with van der Waals surface area (Å²) < 4.78 is 9.87. The topological polar surface area (TPSA) is 81.4 Å². The monoisotopic (exact) mass is 268 g/mol. The van der Waals surface area contributed by atoms with E-state index in [0.717, 1.165) is 0 Å². The fraction of sp³-hybridized carbons (Fsp3) is 0.615. The van der Waals surface area contributed by atoms with Crippen molar-refractivity contribution < 1.29 is 18.8 Å². The molecule has 6 heteroatoms. The Labute approximate surface area is 112 Å². The van der Waals surface area contributed by atoms with E-state index in [4.69, 9.17) is 9.26 Å². The number of rotatable bonds is 4. The summed E-state index contributed by atoms with van der Waals surface area (Å²) in [6.07, 6.45) is 0.314. The highest BCUT2D eigenvalue weighted by Gasteiger charge is 2.24. The minimum Gasteiger partial charge on any atom is -0.462 e. The fourth-order valence-corrected chi connectivity index (χ4v) is 1.55. The van der Waals surface area contributed by atoms with Crippen LogP contribution in [-0.2, 0) is 9.53 Å². The van der Waals surface area contributed by atoms with E-state index in [0.29, 0.717) is 12.1 Å². The number of amides is 1. The Morgan fingerprint density at radius 2 is 2.00 bits per heavy atom. The first kappa shape index (κ1) is 15.2. The molecule has 19 heavy (non-hydrogen) atoms. The molecule has 0 aliphatic rings. The van der Waals surface area contributed by atoms with E-state index >= 15 is 0 Å². The molecule has 106 valence electrons. The third kappa shape index (κ3) is 4.39. The Morgan fingerprint density at radius 1 is 1.37 bits per heavy atom. The van der Waals surface area contributed by atoms with Gasteiger partial charge in [-0.15, -0.1) is 0 Å². The summed E-state index contributed by atoms with van der Waals surface area (Å²) in [6, 6.07) is 0. The maximum atomic E-state index is 11.8. The molecule has 0 saturated carbocycles. The number of carbonyl (C=O) groups is 2. The molecule has 0 fully saturated rings. The predicted octanol–water partition coefficient (Wildman–Crippen LogP) is 2.53. The molecule has 1 aromatic heterocycles. The maximum Gasteiger partial charge on any atom is 0.345 e. The van der Waals surface area contributed by atoms with Gasteiger partial charge in [-0.25, -0.2) is 4.79 Å². The molecule has 0 aromatic carbocycles. The number of nitrogens with zero attached hydrogens (tertiary/aromatic N) is 1. The lowest BCUT2D eigenvalue weighted by Gasteiger charge is -2.16. The molecule has 0 unspecified atom stereocenters. The zero-order chi connectivity index (χ0) is 14.6. The predicted molar refractivity (Wildman–Crippen MR) is 69.9 cm³/mol. The Balaban J connectivity index is 2.85. The van der Waals surface area contributed by atoms with Crippen LogP contribution in [0.25, 0.3) is 0 Å². The van der Waals surface area contributed by atoms with Crippen molar-refractivity contribution >= 4 is 17.8 Å². The number of anilines is 1. The van der Waals surface area contributed by atoms with Gasteiger partial charge in [-0.2, -0.15) is 0 Å². The van der Waals surface area contributed by atoms with Crippen LogP contribution in [0.1, 0.15) is 50.2 Å². The van der Waals surface area contributed by atoms with Gasteiger partial charge in [0.05, 0.1) is 12.3 Å². The summed E-state index contributed by atoms with van der Waals surface area (Å²) in [5.41, 5.74) is 0.414. The number of aromatic nitrogens is 1. The van der Waals surface area contributed by atoms with Gasteiger partial charge in [-0.3, -0.25) is 10.1 Å². The second-order valence-corrected chi connectivity index (χ2v) is 5.48. The van der Waals surface area contributed by atoms with Crippen LogP contribution in [-0.4, -0.2) is 23.6 Å². The van der Waals surface area contributed by atoms with Gasteiger partial charge < -0.3 is 9.26 Å². The average Bonchev–Trinajstić information content (AvgIpc) is 2.57. The molecule has 1 amide bonds. The lowest BCUT2D eigenvalue weighted by Crippen LogP contribution is -2.20.